The Morgan fingerprint density at radius 3 is 2.36 bits per heavy atom. The van der Waals surface area contributed by atoms with Gasteiger partial charge < -0.3 is 9.47 Å². The fourth-order valence-electron chi connectivity index (χ4n) is 0.870. The van der Waals surface area contributed by atoms with Crippen LogP contribution in [0.3, 0.4) is 0 Å². The molecule has 2 rings (SSSR count). The molecule has 0 amide bonds. The Balaban J connectivity index is 0.000000293. The van der Waals surface area contributed by atoms with Gasteiger partial charge in [0.2, 0.25) is 0 Å². The average molecular weight is 194 g/mol. The van der Waals surface area contributed by atoms with Crippen LogP contribution in [0.25, 0.3) is 0 Å². The minimum Gasteiger partial charge on any atom is -0.491 e. The molecule has 14 heavy (non-hydrogen) atoms. The Labute approximate surface area is 85.8 Å². The maximum absolute atomic E-state index is 5.40. The van der Waals surface area contributed by atoms with Gasteiger partial charge in [0, 0.05) is 0 Å². The van der Waals surface area contributed by atoms with Crippen LogP contribution < -0.4 is 4.74 Å². The van der Waals surface area contributed by atoms with E-state index in [0.29, 0.717) is 12.7 Å². The summed E-state index contributed by atoms with van der Waals surface area (Å²) in [4.78, 5) is 0. The van der Waals surface area contributed by atoms with Crippen LogP contribution in [0.15, 0.2) is 30.3 Å². The van der Waals surface area contributed by atoms with Gasteiger partial charge in [0.15, 0.2) is 0 Å². The summed E-state index contributed by atoms with van der Waals surface area (Å²) in [5, 5.41) is 0. The van der Waals surface area contributed by atoms with Crippen LogP contribution in [-0.2, 0) is 4.74 Å². The summed E-state index contributed by atoms with van der Waals surface area (Å²) in [7, 11) is 0. The third-order valence-corrected chi connectivity index (χ3v) is 1.58. The lowest BCUT2D eigenvalue weighted by molar-refractivity contribution is 0.263. The molecule has 0 aromatic heterocycles. The molecule has 1 aromatic rings. The van der Waals surface area contributed by atoms with E-state index in [2.05, 4.69) is 13.8 Å². The van der Waals surface area contributed by atoms with E-state index in [1.54, 1.807) is 0 Å². The van der Waals surface area contributed by atoms with E-state index in [0.717, 1.165) is 12.4 Å². The Morgan fingerprint density at radius 2 is 1.86 bits per heavy atom. The van der Waals surface area contributed by atoms with Crippen molar-refractivity contribution >= 4 is 0 Å². The van der Waals surface area contributed by atoms with E-state index in [9.17, 15) is 0 Å². The van der Waals surface area contributed by atoms with Crippen LogP contribution in [0.4, 0.5) is 0 Å². The predicted molar refractivity (Wildman–Crippen MR) is 57.6 cm³/mol. The molecule has 2 heteroatoms. The van der Waals surface area contributed by atoms with Crippen molar-refractivity contribution in [1.82, 2.24) is 0 Å². The molecule has 0 saturated carbocycles. The molecule has 0 N–H and O–H groups in total. The predicted octanol–water partition coefficient (Wildman–Crippen LogP) is 2.88. The highest BCUT2D eigenvalue weighted by atomic mass is 16.6. The third kappa shape index (κ3) is 4.87. The summed E-state index contributed by atoms with van der Waals surface area (Å²) in [6.45, 7) is 5.79. The van der Waals surface area contributed by atoms with Crippen LogP contribution in [-0.4, -0.2) is 19.3 Å². The van der Waals surface area contributed by atoms with Crippen molar-refractivity contribution in [2.45, 2.75) is 26.4 Å². The van der Waals surface area contributed by atoms with E-state index in [-0.39, 0.29) is 0 Å². The van der Waals surface area contributed by atoms with Gasteiger partial charge in [0.25, 0.3) is 0 Å². The maximum atomic E-state index is 5.40. The van der Waals surface area contributed by atoms with Crippen molar-refractivity contribution in [1.29, 1.82) is 0 Å². The zero-order valence-electron chi connectivity index (χ0n) is 8.90. The molecule has 1 heterocycles. The van der Waals surface area contributed by atoms with Crippen molar-refractivity contribution in [3.05, 3.63) is 30.3 Å². The highest BCUT2D eigenvalue weighted by Gasteiger charge is 2.22. The lowest BCUT2D eigenvalue weighted by atomic mass is 10.3. The normalized spacial score (nSPS) is 18.0. The first-order valence-corrected chi connectivity index (χ1v) is 5.16. The van der Waals surface area contributed by atoms with Crippen molar-refractivity contribution < 1.29 is 9.47 Å². The molecule has 0 radical (unpaired) electrons. The van der Waals surface area contributed by atoms with E-state index in [1.807, 2.05) is 30.3 Å². The molecule has 1 atom stereocenters. The molecular formula is C12H18O2. The quantitative estimate of drug-likeness (QED) is 0.690. The molecule has 0 aliphatic carbocycles. The molecular weight excluding hydrogens is 176 g/mol. The van der Waals surface area contributed by atoms with E-state index in [4.69, 9.17) is 9.47 Å². The Kier molecular flexibility index (Phi) is 5.08. The molecule has 1 saturated heterocycles. The largest absolute Gasteiger partial charge is 0.491 e. The standard InChI is InChI=1S/C9H10O2.C3H8/c1-2-4-8(5-3-1)10-6-9-7-11-9;1-3-2/h1-5,9H,6-7H2;3H2,1-2H3. The molecule has 1 aromatic carbocycles. The van der Waals surface area contributed by atoms with Crippen molar-refractivity contribution in [2.24, 2.45) is 0 Å². The summed E-state index contributed by atoms with van der Waals surface area (Å²) in [6, 6.07) is 9.79. The molecule has 0 spiro atoms. The topological polar surface area (TPSA) is 21.8 Å². The van der Waals surface area contributed by atoms with Gasteiger partial charge in [0.1, 0.15) is 18.5 Å². The summed E-state index contributed by atoms with van der Waals surface area (Å²) < 4.78 is 10.4. The highest BCUT2D eigenvalue weighted by Crippen LogP contribution is 2.13. The average Bonchev–Trinajstić information content (AvgIpc) is 3.01. The van der Waals surface area contributed by atoms with Gasteiger partial charge in [0.05, 0.1) is 6.61 Å². The molecule has 1 aliphatic heterocycles. The van der Waals surface area contributed by atoms with Gasteiger partial charge in [-0.25, -0.2) is 0 Å². The van der Waals surface area contributed by atoms with Gasteiger partial charge in [-0.2, -0.15) is 0 Å². The first-order valence-electron chi connectivity index (χ1n) is 5.16. The number of hydrogen-bond donors (Lipinski definition) is 0. The smallest absolute Gasteiger partial charge is 0.119 e. The molecule has 2 nitrogen and oxygen atoms in total. The van der Waals surface area contributed by atoms with Crippen LogP contribution in [0, 0.1) is 0 Å². The number of para-hydroxylation sites is 1. The van der Waals surface area contributed by atoms with Crippen molar-refractivity contribution in [3.63, 3.8) is 0 Å². The van der Waals surface area contributed by atoms with Gasteiger partial charge in [-0.15, -0.1) is 0 Å². The van der Waals surface area contributed by atoms with Gasteiger partial charge in [-0.05, 0) is 12.1 Å². The SMILES string of the molecule is CCC.c1ccc(OCC2CO2)cc1. The lowest BCUT2D eigenvalue weighted by Gasteiger charge is -2.01. The first-order chi connectivity index (χ1) is 6.86. The van der Waals surface area contributed by atoms with E-state index < -0.39 is 0 Å². The number of hydrogen-bond acceptors (Lipinski definition) is 2. The maximum Gasteiger partial charge on any atom is 0.119 e. The Morgan fingerprint density at radius 1 is 1.29 bits per heavy atom. The number of ether oxygens (including phenoxy) is 2. The number of benzene rings is 1. The van der Waals surface area contributed by atoms with Crippen LogP contribution in [0.5, 0.6) is 5.75 Å². The first kappa shape index (κ1) is 11.1. The molecule has 1 unspecified atom stereocenters. The van der Waals surface area contributed by atoms with Crippen LogP contribution >= 0.6 is 0 Å². The summed E-state index contributed by atoms with van der Waals surface area (Å²) in [5.41, 5.74) is 0. The second kappa shape index (κ2) is 6.44. The van der Waals surface area contributed by atoms with Crippen LogP contribution in [0.1, 0.15) is 20.3 Å². The number of rotatable bonds is 3. The van der Waals surface area contributed by atoms with Crippen LogP contribution in [0.2, 0.25) is 0 Å². The molecule has 1 aliphatic rings. The lowest BCUT2D eigenvalue weighted by Crippen LogP contribution is -2.03. The van der Waals surface area contributed by atoms with Gasteiger partial charge in [-0.1, -0.05) is 38.5 Å². The summed E-state index contributed by atoms with van der Waals surface area (Å²) in [5.74, 6) is 0.919. The Bertz CT molecular complexity index is 229. The Hall–Kier alpha value is -1.02. The monoisotopic (exact) mass is 194 g/mol. The zero-order valence-corrected chi connectivity index (χ0v) is 8.90. The van der Waals surface area contributed by atoms with Crippen molar-refractivity contribution in [2.75, 3.05) is 13.2 Å². The molecule has 78 valence electrons. The summed E-state index contributed by atoms with van der Waals surface area (Å²) >= 11 is 0. The van der Waals surface area contributed by atoms with Gasteiger partial charge >= 0.3 is 0 Å². The molecule has 1 fully saturated rings. The molecule has 0 bridgehead atoms. The van der Waals surface area contributed by atoms with Gasteiger partial charge in [-0.3, -0.25) is 0 Å². The fraction of sp³-hybridized carbons (Fsp3) is 0.500. The van der Waals surface area contributed by atoms with E-state index >= 15 is 0 Å². The fourth-order valence-corrected chi connectivity index (χ4v) is 0.870. The highest BCUT2D eigenvalue weighted by molar-refractivity contribution is 5.20. The third-order valence-electron chi connectivity index (χ3n) is 1.58. The summed E-state index contributed by atoms with van der Waals surface area (Å²) in [6.07, 6.45) is 1.59. The number of epoxide rings is 1. The second-order valence-corrected chi connectivity index (χ2v) is 3.29. The zero-order chi connectivity index (χ0) is 10.2. The van der Waals surface area contributed by atoms with E-state index in [1.165, 1.54) is 6.42 Å². The minimum atomic E-state index is 0.343. The second-order valence-electron chi connectivity index (χ2n) is 3.29. The van der Waals surface area contributed by atoms with Crippen molar-refractivity contribution in [3.8, 4) is 5.75 Å². The minimum absolute atomic E-state index is 0.343.